The van der Waals surface area contributed by atoms with E-state index in [4.69, 9.17) is 9.47 Å². The molecule has 3 atom stereocenters. The molecular formula is C19H27N3O3. The molecule has 1 saturated carbocycles. The average molecular weight is 345 g/mol. The predicted octanol–water partition coefficient (Wildman–Crippen LogP) is 1.57. The minimum atomic E-state index is -0.00000898. The van der Waals surface area contributed by atoms with Crippen LogP contribution in [0.25, 0.3) is 0 Å². The van der Waals surface area contributed by atoms with E-state index in [-0.39, 0.29) is 24.2 Å². The van der Waals surface area contributed by atoms with E-state index in [9.17, 15) is 4.79 Å². The van der Waals surface area contributed by atoms with Gasteiger partial charge in [-0.2, -0.15) is 0 Å². The number of morpholine rings is 1. The van der Waals surface area contributed by atoms with E-state index in [2.05, 4.69) is 9.88 Å². The van der Waals surface area contributed by atoms with Gasteiger partial charge in [0.2, 0.25) is 0 Å². The Bertz CT molecular complexity index is 577. The fourth-order valence-corrected chi connectivity index (χ4v) is 4.32. The van der Waals surface area contributed by atoms with Crippen molar-refractivity contribution in [2.24, 2.45) is 0 Å². The van der Waals surface area contributed by atoms with Crippen LogP contribution >= 0.6 is 0 Å². The summed E-state index contributed by atoms with van der Waals surface area (Å²) in [5.41, 5.74) is 0.515. The summed E-state index contributed by atoms with van der Waals surface area (Å²) < 4.78 is 12.1. The number of hydrogen-bond acceptors (Lipinski definition) is 5. The quantitative estimate of drug-likeness (QED) is 0.811. The molecule has 1 amide bonds. The second-order valence-corrected chi connectivity index (χ2v) is 7.15. The minimum absolute atomic E-state index is 0.00000898. The van der Waals surface area contributed by atoms with Gasteiger partial charge in [-0.3, -0.25) is 9.78 Å². The van der Waals surface area contributed by atoms with Gasteiger partial charge in [0.05, 0.1) is 25.4 Å². The van der Waals surface area contributed by atoms with Crippen molar-refractivity contribution in [2.45, 2.75) is 43.9 Å². The van der Waals surface area contributed by atoms with Crippen LogP contribution in [0.15, 0.2) is 24.4 Å². The molecule has 6 heteroatoms. The van der Waals surface area contributed by atoms with Gasteiger partial charge in [-0.25, -0.2) is 0 Å². The van der Waals surface area contributed by atoms with Crippen molar-refractivity contribution in [3.63, 3.8) is 0 Å². The van der Waals surface area contributed by atoms with Crippen molar-refractivity contribution in [3.05, 3.63) is 30.1 Å². The van der Waals surface area contributed by atoms with Gasteiger partial charge in [0.25, 0.3) is 5.91 Å². The molecule has 0 N–H and O–H groups in total. The lowest BCUT2D eigenvalue weighted by Crippen LogP contribution is -2.54. The number of hydrogen-bond donors (Lipinski definition) is 0. The average Bonchev–Trinajstić information content (AvgIpc) is 3.32. The van der Waals surface area contributed by atoms with Gasteiger partial charge in [-0.15, -0.1) is 0 Å². The summed E-state index contributed by atoms with van der Waals surface area (Å²) in [4.78, 5) is 21.4. The number of pyridine rings is 1. The molecule has 0 aromatic carbocycles. The van der Waals surface area contributed by atoms with Crippen LogP contribution in [-0.4, -0.2) is 78.3 Å². The Morgan fingerprint density at radius 1 is 1.24 bits per heavy atom. The van der Waals surface area contributed by atoms with Crippen LogP contribution < -0.4 is 0 Å². The van der Waals surface area contributed by atoms with Crippen molar-refractivity contribution in [1.29, 1.82) is 0 Å². The van der Waals surface area contributed by atoms with Crippen LogP contribution in [0.2, 0.25) is 0 Å². The molecule has 3 heterocycles. The second-order valence-electron chi connectivity index (χ2n) is 7.15. The monoisotopic (exact) mass is 345 g/mol. The van der Waals surface area contributed by atoms with Gasteiger partial charge >= 0.3 is 0 Å². The summed E-state index contributed by atoms with van der Waals surface area (Å²) in [6, 6.07) is 5.58. The molecule has 0 radical (unpaired) electrons. The maximum atomic E-state index is 12.8. The summed E-state index contributed by atoms with van der Waals surface area (Å²) in [5, 5.41) is 0. The summed E-state index contributed by atoms with van der Waals surface area (Å²) >= 11 is 0. The van der Waals surface area contributed by atoms with E-state index in [1.165, 1.54) is 25.9 Å². The Hall–Kier alpha value is -1.50. The second kappa shape index (κ2) is 7.81. The first kappa shape index (κ1) is 16.9. The number of ether oxygens (including phenoxy) is 2. The lowest BCUT2D eigenvalue weighted by atomic mass is 10.1. The first-order valence-electron chi connectivity index (χ1n) is 9.50. The number of rotatable bonds is 5. The van der Waals surface area contributed by atoms with Gasteiger partial charge < -0.3 is 19.3 Å². The lowest BCUT2D eigenvalue weighted by Gasteiger charge is -2.39. The predicted molar refractivity (Wildman–Crippen MR) is 93.4 cm³/mol. The Kier molecular flexibility index (Phi) is 5.29. The van der Waals surface area contributed by atoms with Crippen molar-refractivity contribution >= 4 is 5.91 Å². The Labute approximate surface area is 149 Å². The van der Waals surface area contributed by atoms with Gasteiger partial charge in [-0.05, 0) is 50.9 Å². The molecule has 0 unspecified atom stereocenters. The third-order valence-corrected chi connectivity index (χ3v) is 5.62. The third-order valence-electron chi connectivity index (χ3n) is 5.62. The van der Waals surface area contributed by atoms with E-state index in [1.54, 1.807) is 12.3 Å². The highest BCUT2D eigenvalue weighted by Crippen LogP contribution is 2.32. The molecule has 3 fully saturated rings. The number of likely N-dealkylation sites (tertiary alicyclic amines) is 1. The van der Waals surface area contributed by atoms with Crippen molar-refractivity contribution in [2.75, 3.05) is 39.4 Å². The molecule has 1 aromatic heterocycles. The molecule has 4 rings (SSSR count). The van der Waals surface area contributed by atoms with Crippen molar-refractivity contribution in [3.8, 4) is 0 Å². The molecule has 0 bridgehead atoms. The molecule has 25 heavy (non-hydrogen) atoms. The molecule has 2 saturated heterocycles. The van der Waals surface area contributed by atoms with Gasteiger partial charge in [0.1, 0.15) is 11.8 Å². The van der Waals surface area contributed by atoms with Crippen LogP contribution in [-0.2, 0) is 9.47 Å². The molecule has 0 spiro atoms. The first-order valence-corrected chi connectivity index (χ1v) is 9.50. The fourth-order valence-electron chi connectivity index (χ4n) is 4.32. The van der Waals surface area contributed by atoms with Crippen LogP contribution in [0.1, 0.15) is 36.2 Å². The maximum Gasteiger partial charge on any atom is 0.272 e. The standard InChI is InChI=1S/C19H27N3O3/c23-19(15-5-1-2-8-20-15)22-12-14-25-18-16(22)6-7-17(18)24-13-11-21-9-3-4-10-21/h1-2,5,8,16-18H,3-4,6-7,9-14H2/t16-,17+,18+/m0/s1. The molecule has 136 valence electrons. The highest BCUT2D eigenvalue weighted by molar-refractivity contribution is 5.92. The Morgan fingerprint density at radius 2 is 2.12 bits per heavy atom. The smallest absolute Gasteiger partial charge is 0.272 e. The fraction of sp³-hybridized carbons (Fsp3) is 0.684. The van der Waals surface area contributed by atoms with E-state index in [1.807, 2.05) is 17.0 Å². The first-order chi connectivity index (χ1) is 12.3. The molecular weight excluding hydrogens is 318 g/mol. The summed E-state index contributed by atoms with van der Waals surface area (Å²) in [6.45, 7) is 5.37. The SMILES string of the molecule is O=C(c1ccccn1)N1CCO[C@H]2[C@H](OCCN3CCCC3)CC[C@@H]21. The Morgan fingerprint density at radius 3 is 2.92 bits per heavy atom. The van der Waals surface area contributed by atoms with Crippen LogP contribution in [0, 0.1) is 0 Å². The highest BCUT2D eigenvalue weighted by atomic mass is 16.5. The number of amides is 1. The number of fused-ring (bicyclic) bond motifs is 1. The maximum absolute atomic E-state index is 12.8. The normalized spacial score (nSPS) is 29.8. The number of aromatic nitrogens is 1. The zero-order chi connectivity index (χ0) is 17.1. The van der Waals surface area contributed by atoms with E-state index in [0.717, 1.165) is 26.0 Å². The van der Waals surface area contributed by atoms with Gasteiger partial charge in [0.15, 0.2) is 0 Å². The molecule has 2 aliphatic heterocycles. The largest absolute Gasteiger partial charge is 0.374 e. The van der Waals surface area contributed by atoms with E-state index >= 15 is 0 Å². The lowest BCUT2D eigenvalue weighted by molar-refractivity contribution is -0.106. The number of nitrogens with zero attached hydrogens (tertiary/aromatic N) is 3. The van der Waals surface area contributed by atoms with Crippen molar-refractivity contribution < 1.29 is 14.3 Å². The number of carbonyl (C=O) groups is 1. The Balaban J connectivity index is 1.34. The minimum Gasteiger partial charge on any atom is -0.374 e. The van der Waals surface area contributed by atoms with Crippen LogP contribution in [0.4, 0.5) is 0 Å². The topological polar surface area (TPSA) is 54.9 Å². The summed E-state index contributed by atoms with van der Waals surface area (Å²) in [5.74, 6) is 0.0108. The molecule has 6 nitrogen and oxygen atoms in total. The van der Waals surface area contributed by atoms with Gasteiger partial charge in [-0.1, -0.05) is 6.07 Å². The van der Waals surface area contributed by atoms with E-state index in [0.29, 0.717) is 18.8 Å². The third kappa shape index (κ3) is 3.71. The summed E-state index contributed by atoms with van der Waals surface area (Å²) in [7, 11) is 0. The van der Waals surface area contributed by atoms with E-state index < -0.39 is 0 Å². The molecule has 3 aliphatic rings. The number of carbonyl (C=O) groups excluding carboxylic acids is 1. The van der Waals surface area contributed by atoms with Crippen LogP contribution in [0.3, 0.4) is 0 Å². The molecule has 1 aromatic rings. The zero-order valence-corrected chi connectivity index (χ0v) is 14.7. The zero-order valence-electron chi connectivity index (χ0n) is 14.7. The highest BCUT2D eigenvalue weighted by Gasteiger charge is 2.45. The van der Waals surface area contributed by atoms with Crippen LogP contribution in [0.5, 0.6) is 0 Å². The van der Waals surface area contributed by atoms with Gasteiger partial charge in [0, 0.05) is 19.3 Å². The molecule has 1 aliphatic carbocycles. The summed E-state index contributed by atoms with van der Waals surface area (Å²) in [6.07, 6.45) is 6.29. The van der Waals surface area contributed by atoms with Crippen molar-refractivity contribution in [1.82, 2.24) is 14.8 Å².